The van der Waals surface area contributed by atoms with Crippen LogP contribution in [0.4, 0.5) is 8.78 Å². The van der Waals surface area contributed by atoms with Gasteiger partial charge in [0.15, 0.2) is 12.1 Å². The molecule has 6 unspecified atom stereocenters. The number of allylic oxidation sites excluding steroid dienone is 4. The average Bonchev–Trinajstić information content (AvgIpc) is 3.61. The van der Waals surface area contributed by atoms with Crippen LogP contribution in [0, 0.1) is 11.8 Å². The average molecular weight is 480 g/mol. The smallest absolute Gasteiger partial charge is 0.237 e. The third-order valence-corrected chi connectivity index (χ3v) is 8.14. The summed E-state index contributed by atoms with van der Waals surface area (Å²) in [7, 11) is 0. The molecule has 0 bridgehead atoms. The van der Waals surface area contributed by atoms with Crippen LogP contribution in [0.1, 0.15) is 55.6 Å². The predicted octanol–water partition coefficient (Wildman–Crippen LogP) is 4.25. The first kappa shape index (κ1) is 24.4. The molecule has 1 aromatic rings. The SMILES string of the molecule is CC1C=CC(F)=C(F)C1c1ccccc1C1CC1C(=O)N1CCCC(N[S+](C)OCO)CC1. The summed E-state index contributed by atoms with van der Waals surface area (Å²) in [6.07, 6.45) is 8.27. The molecule has 0 radical (unpaired) electrons. The van der Waals surface area contributed by atoms with E-state index in [1.54, 1.807) is 6.08 Å². The second kappa shape index (κ2) is 10.7. The van der Waals surface area contributed by atoms with Crippen LogP contribution in [0.25, 0.3) is 0 Å². The molecule has 4 rings (SSSR count). The van der Waals surface area contributed by atoms with E-state index in [4.69, 9.17) is 9.29 Å². The maximum atomic E-state index is 14.8. The Labute approximate surface area is 197 Å². The molecule has 0 aromatic heterocycles. The van der Waals surface area contributed by atoms with Crippen molar-refractivity contribution in [1.82, 2.24) is 9.62 Å². The molecule has 0 spiro atoms. The number of hydrogen-bond donors (Lipinski definition) is 2. The normalized spacial score (nSPS) is 30.8. The maximum Gasteiger partial charge on any atom is 0.237 e. The van der Waals surface area contributed by atoms with Crippen LogP contribution in [0.2, 0.25) is 0 Å². The van der Waals surface area contributed by atoms with E-state index in [1.165, 1.54) is 6.08 Å². The number of carbonyl (C=O) groups excluding carboxylic acids is 1. The van der Waals surface area contributed by atoms with Crippen molar-refractivity contribution in [2.75, 3.05) is 26.1 Å². The van der Waals surface area contributed by atoms with E-state index < -0.39 is 28.9 Å². The Morgan fingerprint density at radius 3 is 2.76 bits per heavy atom. The van der Waals surface area contributed by atoms with E-state index in [0.717, 1.165) is 43.4 Å². The van der Waals surface area contributed by atoms with Gasteiger partial charge in [-0.2, -0.15) is 0 Å². The van der Waals surface area contributed by atoms with Crippen molar-refractivity contribution in [3.8, 4) is 0 Å². The topological polar surface area (TPSA) is 61.8 Å². The molecule has 1 aromatic carbocycles. The number of carbonyl (C=O) groups is 1. The monoisotopic (exact) mass is 479 g/mol. The van der Waals surface area contributed by atoms with Crippen molar-refractivity contribution in [1.29, 1.82) is 0 Å². The Balaban J connectivity index is 1.42. The van der Waals surface area contributed by atoms with Crippen molar-refractivity contribution in [2.24, 2.45) is 11.8 Å². The lowest BCUT2D eigenvalue weighted by Crippen LogP contribution is -2.37. The quantitative estimate of drug-likeness (QED) is 0.454. The van der Waals surface area contributed by atoms with E-state index in [2.05, 4.69) is 4.72 Å². The fourth-order valence-electron chi connectivity index (χ4n) is 5.19. The van der Waals surface area contributed by atoms with Gasteiger partial charge in [0, 0.05) is 24.9 Å². The Morgan fingerprint density at radius 1 is 1.24 bits per heavy atom. The molecule has 2 N–H and O–H groups in total. The summed E-state index contributed by atoms with van der Waals surface area (Å²) in [5.74, 6) is -2.19. The van der Waals surface area contributed by atoms with Gasteiger partial charge in [0.1, 0.15) is 5.83 Å². The van der Waals surface area contributed by atoms with E-state index in [-0.39, 0.29) is 36.5 Å². The standard InChI is InChI=1S/C25H33F2N2O3S/c1-16-9-10-22(26)24(27)23(16)19-8-4-3-7-18(19)20-14-21(20)25(31)29-12-5-6-17(11-13-29)28-33(2)32-15-30/h3-4,7-10,16-17,20-21,23,28,30H,5-6,11-15H2,1-2H3/q+1. The number of aliphatic hydroxyl groups excluding tert-OH is 1. The Kier molecular flexibility index (Phi) is 7.89. The third kappa shape index (κ3) is 5.50. The molecule has 1 aliphatic heterocycles. The van der Waals surface area contributed by atoms with Crippen LogP contribution in [0.3, 0.4) is 0 Å². The number of nitrogens with one attached hydrogen (secondary N) is 1. The van der Waals surface area contributed by atoms with E-state index in [9.17, 15) is 13.6 Å². The summed E-state index contributed by atoms with van der Waals surface area (Å²) in [5.41, 5.74) is 1.76. The number of hydrogen-bond acceptors (Lipinski definition) is 4. The largest absolute Gasteiger partial charge is 0.366 e. The summed E-state index contributed by atoms with van der Waals surface area (Å²) in [5, 5.41) is 8.91. The molecule has 3 aliphatic rings. The van der Waals surface area contributed by atoms with Crippen LogP contribution in [-0.4, -0.2) is 48.1 Å². The van der Waals surface area contributed by atoms with Gasteiger partial charge in [-0.15, -0.1) is 8.91 Å². The van der Waals surface area contributed by atoms with Crippen LogP contribution in [0.5, 0.6) is 0 Å². The highest BCUT2D eigenvalue weighted by Crippen LogP contribution is 2.52. The van der Waals surface area contributed by atoms with Gasteiger partial charge in [0.2, 0.25) is 24.1 Å². The van der Waals surface area contributed by atoms with Crippen molar-refractivity contribution in [3.05, 3.63) is 59.2 Å². The van der Waals surface area contributed by atoms with Crippen LogP contribution < -0.4 is 4.72 Å². The van der Waals surface area contributed by atoms with Gasteiger partial charge < -0.3 is 10.0 Å². The minimum atomic E-state index is -0.802. The first-order valence-electron chi connectivity index (χ1n) is 11.7. The van der Waals surface area contributed by atoms with Gasteiger partial charge in [-0.1, -0.05) is 37.3 Å². The highest BCUT2D eigenvalue weighted by atomic mass is 32.2. The molecule has 6 atom stereocenters. The number of halogens is 2. The van der Waals surface area contributed by atoms with E-state index >= 15 is 0 Å². The molecular formula is C25H33F2N2O3S+. The predicted molar refractivity (Wildman–Crippen MR) is 126 cm³/mol. The molecule has 2 aliphatic carbocycles. The van der Waals surface area contributed by atoms with Crippen LogP contribution in [0.15, 0.2) is 48.1 Å². The second-order valence-corrected chi connectivity index (χ2v) is 10.6. The number of rotatable bonds is 7. The van der Waals surface area contributed by atoms with Gasteiger partial charge in [-0.05, 0) is 54.7 Å². The summed E-state index contributed by atoms with van der Waals surface area (Å²) in [6, 6.07) is 7.87. The zero-order chi connectivity index (χ0) is 23.5. The molecule has 2 fully saturated rings. The summed E-state index contributed by atoms with van der Waals surface area (Å²) >= 11 is -0.507. The zero-order valence-corrected chi connectivity index (χ0v) is 20.0. The molecule has 5 nitrogen and oxygen atoms in total. The third-order valence-electron chi connectivity index (χ3n) is 7.01. The molecule has 8 heteroatoms. The fourth-order valence-corrected chi connectivity index (χ4v) is 6.12. The highest BCUT2D eigenvalue weighted by molar-refractivity contribution is 7.89. The van der Waals surface area contributed by atoms with Crippen molar-refractivity contribution in [3.63, 3.8) is 0 Å². The molecule has 1 heterocycles. The molecular weight excluding hydrogens is 446 g/mol. The minimum Gasteiger partial charge on any atom is -0.366 e. The number of benzene rings is 1. The summed E-state index contributed by atoms with van der Waals surface area (Å²) < 4.78 is 37.3. The van der Waals surface area contributed by atoms with Gasteiger partial charge in [-0.3, -0.25) is 4.79 Å². The minimum absolute atomic E-state index is 0.0549. The number of amides is 1. The molecule has 1 saturated heterocycles. The summed E-state index contributed by atoms with van der Waals surface area (Å²) in [6.45, 7) is 3.00. The number of aliphatic hydroxyl groups is 1. The second-order valence-electron chi connectivity index (χ2n) is 9.24. The molecule has 180 valence electrons. The van der Waals surface area contributed by atoms with E-state index in [0.29, 0.717) is 6.54 Å². The lowest BCUT2D eigenvalue weighted by Gasteiger charge is -2.26. The Bertz CT molecular complexity index is 925. The highest BCUT2D eigenvalue weighted by Gasteiger charge is 2.47. The van der Waals surface area contributed by atoms with E-state index in [1.807, 2.05) is 42.3 Å². The first-order valence-corrected chi connectivity index (χ1v) is 13.2. The molecule has 1 saturated carbocycles. The summed E-state index contributed by atoms with van der Waals surface area (Å²) in [4.78, 5) is 15.3. The Hall–Kier alpha value is -1.74. The zero-order valence-electron chi connectivity index (χ0n) is 19.2. The van der Waals surface area contributed by atoms with Gasteiger partial charge in [-0.25, -0.2) is 8.78 Å². The Morgan fingerprint density at radius 2 is 2.00 bits per heavy atom. The lowest BCUT2D eigenvalue weighted by atomic mass is 9.80. The van der Waals surface area contributed by atoms with Gasteiger partial charge >= 0.3 is 0 Å². The molecule has 1 amide bonds. The number of nitrogens with zero attached hydrogens (tertiary/aromatic N) is 1. The van der Waals surface area contributed by atoms with Crippen LogP contribution in [-0.2, 0) is 20.3 Å². The number of likely N-dealkylation sites (tertiary alicyclic amines) is 1. The van der Waals surface area contributed by atoms with Crippen molar-refractivity contribution >= 4 is 17.3 Å². The van der Waals surface area contributed by atoms with Gasteiger partial charge in [0.25, 0.3) is 0 Å². The lowest BCUT2D eigenvalue weighted by molar-refractivity contribution is -0.132. The van der Waals surface area contributed by atoms with Gasteiger partial charge in [0.05, 0.1) is 6.04 Å². The molecule has 33 heavy (non-hydrogen) atoms. The van der Waals surface area contributed by atoms with Crippen molar-refractivity contribution < 1.29 is 22.9 Å². The first-order chi connectivity index (χ1) is 15.9. The fraction of sp³-hybridized carbons (Fsp3) is 0.560. The maximum absolute atomic E-state index is 14.8. The van der Waals surface area contributed by atoms with Crippen LogP contribution >= 0.6 is 0 Å². The van der Waals surface area contributed by atoms with Crippen molar-refractivity contribution in [2.45, 2.75) is 50.5 Å².